The lowest BCUT2D eigenvalue weighted by Gasteiger charge is -2.17. The number of amides is 2. The summed E-state index contributed by atoms with van der Waals surface area (Å²) in [6, 6.07) is 21.0. The molecular formula is C29H29N3O4. The van der Waals surface area contributed by atoms with Crippen molar-refractivity contribution in [2.24, 2.45) is 0 Å². The molecular weight excluding hydrogens is 454 g/mol. The molecule has 0 radical (unpaired) electrons. The molecule has 7 heteroatoms. The lowest BCUT2D eigenvalue weighted by molar-refractivity contribution is 0.0938. The number of benzene rings is 3. The Bertz CT molecular complexity index is 1460. The maximum atomic E-state index is 13.3. The molecule has 4 aromatic rings. The van der Waals surface area contributed by atoms with Gasteiger partial charge in [0.25, 0.3) is 11.8 Å². The third-order valence-electron chi connectivity index (χ3n) is 6.03. The van der Waals surface area contributed by atoms with Crippen LogP contribution in [0.25, 0.3) is 10.8 Å². The zero-order valence-electron chi connectivity index (χ0n) is 20.6. The molecule has 1 heterocycles. The van der Waals surface area contributed by atoms with Crippen molar-refractivity contribution in [2.45, 2.75) is 26.4 Å². The van der Waals surface area contributed by atoms with Gasteiger partial charge in [0.15, 0.2) is 0 Å². The maximum Gasteiger partial charge on any atom is 0.257 e. The van der Waals surface area contributed by atoms with E-state index in [0.29, 0.717) is 13.1 Å². The fourth-order valence-electron chi connectivity index (χ4n) is 4.09. The average Bonchev–Trinajstić information content (AvgIpc) is 2.89. The number of methoxy groups -OCH3 is 1. The molecule has 0 saturated heterocycles. The van der Waals surface area contributed by atoms with E-state index in [0.717, 1.165) is 27.6 Å². The van der Waals surface area contributed by atoms with Crippen LogP contribution in [0.2, 0.25) is 0 Å². The zero-order chi connectivity index (χ0) is 25.7. The number of pyridine rings is 1. The minimum Gasteiger partial charge on any atom is -0.497 e. The monoisotopic (exact) mass is 483 g/mol. The van der Waals surface area contributed by atoms with Gasteiger partial charge in [-0.1, -0.05) is 48.5 Å². The molecule has 4 rings (SSSR count). The van der Waals surface area contributed by atoms with Crippen molar-refractivity contribution >= 4 is 22.6 Å². The van der Waals surface area contributed by atoms with Crippen molar-refractivity contribution < 1.29 is 14.3 Å². The summed E-state index contributed by atoms with van der Waals surface area (Å²) in [5.74, 6) is -0.261. The van der Waals surface area contributed by atoms with Crippen LogP contribution in [0.3, 0.4) is 0 Å². The van der Waals surface area contributed by atoms with E-state index < -0.39 is 17.2 Å². The standard InChI is InChI=1S/C29H29N3O4/c1-4-30-28(34)25-17-32(16-20-8-6-5-7-9-20)18-26(27(25)33)29(35)31-19(2)21-10-11-23-15-24(36-3)13-12-22(23)14-21/h5-15,17-19H,4,16H2,1-3H3,(H,30,34)(H,31,35)/t19-/m1/s1. The van der Waals surface area contributed by atoms with Crippen LogP contribution in [-0.2, 0) is 6.54 Å². The van der Waals surface area contributed by atoms with Gasteiger partial charge >= 0.3 is 0 Å². The van der Waals surface area contributed by atoms with Crippen molar-refractivity contribution in [3.05, 3.63) is 112 Å². The molecule has 184 valence electrons. The fraction of sp³-hybridized carbons (Fsp3) is 0.207. The number of fused-ring (bicyclic) bond motifs is 1. The molecule has 0 aliphatic carbocycles. The van der Waals surface area contributed by atoms with E-state index in [4.69, 9.17) is 4.74 Å². The average molecular weight is 484 g/mol. The molecule has 0 saturated carbocycles. The number of ether oxygens (including phenoxy) is 1. The normalized spacial score (nSPS) is 11.6. The molecule has 2 N–H and O–H groups in total. The summed E-state index contributed by atoms with van der Waals surface area (Å²) in [4.78, 5) is 39.0. The van der Waals surface area contributed by atoms with E-state index >= 15 is 0 Å². The number of carbonyl (C=O) groups is 2. The predicted octanol–water partition coefficient (Wildman–Crippen LogP) is 4.30. The minimum absolute atomic E-state index is 0.0623. The van der Waals surface area contributed by atoms with Crippen molar-refractivity contribution in [3.8, 4) is 5.75 Å². The number of aromatic nitrogens is 1. The summed E-state index contributed by atoms with van der Waals surface area (Å²) in [6.07, 6.45) is 3.00. The lowest BCUT2D eigenvalue weighted by Crippen LogP contribution is -2.36. The molecule has 0 aliphatic rings. The van der Waals surface area contributed by atoms with E-state index in [9.17, 15) is 14.4 Å². The Morgan fingerprint density at radius 3 is 2.28 bits per heavy atom. The van der Waals surface area contributed by atoms with Crippen LogP contribution in [0.4, 0.5) is 0 Å². The van der Waals surface area contributed by atoms with E-state index in [-0.39, 0.29) is 17.2 Å². The third-order valence-corrected chi connectivity index (χ3v) is 6.03. The zero-order valence-corrected chi connectivity index (χ0v) is 20.6. The van der Waals surface area contributed by atoms with Gasteiger partial charge in [-0.15, -0.1) is 0 Å². The molecule has 0 unspecified atom stereocenters. The van der Waals surface area contributed by atoms with Crippen LogP contribution >= 0.6 is 0 Å². The molecule has 0 aliphatic heterocycles. The first kappa shape index (κ1) is 24.7. The Morgan fingerprint density at radius 1 is 0.917 bits per heavy atom. The Morgan fingerprint density at radius 2 is 1.58 bits per heavy atom. The van der Waals surface area contributed by atoms with Gasteiger partial charge in [-0.05, 0) is 53.9 Å². The number of nitrogens with one attached hydrogen (secondary N) is 2. The highest BCUT2D eigenvalue weighted by Gasteiger charge is 2.21. The summed E-state index contributed by atoms with van der Waals surface area (Å²) < 4.78 is 6.98. The lowest BCUT2D eigenvalue weighted by atomic mass is 10.0. The molecule has 36 heavy (non-hydrogen) atoms. The number of carbonyl (C=O) groups excluding carboxylic acids is 2. The first-order valence-electron chi connectivity index (χ1n) is 11.8. The molecule has 7 nitrogen and oxygen atoms in total. The van der Waals surface area contributed by atoms with Gasteiger partial charge in [-0.3, -0.25) is 14.4 Å². The highest BCUT2D eigenvalue weighted by atomic mass is 16.5. The minimum atomic E-state index is -0.597. The van der Waals surface area contributed by atoms with Crippen molar-refractivity contribution in [2.75, 3.05) is 13.7 Å². The number of nitrogens with zero attached hydrogens (tertiary/aromatic N) is 1. The van der Waals surface area contributed by atoms with Gasteiger partial charge in [0.2, 0.25) is 5.43 Å². The summed E-state index contributed by atoms with van der Waals surface area (Å²) in [6.45, 7) is 4.42. The van der Waals surface area contributed by atoms with Gasteiger partial charge in [0.1, 0.15) is 16.9 Å². The van der Waals surface area contributed by atoms with Crippen LogP contribution < -0.4 is 20.8 Å². The summed E-state index contributed by atoms with van der Waals surface area (Å²) in [7, 11) is 1.63. The van der Waals surface area contributed by atoms with Crippen LogP contribution in [-0.4, -0.2) is 30.0 Å². The number of hydrogen-bond donors (Lipinski definition) is 2. The third kappa shape index (κ3) is 5.46. The molecule has 2 amide bonds. The maximum absolute atomic E-state index is 13.3. The number of hydrogen-bond acceptors (Lipinski definition) is 4. The van der Waals surface area contributed by atoms with Gasteiger partial charge < -0.3 is 19.9 Å². The SMILES string of the molecule is CCNC(=O)c1cn(Cc2ccccc2)cc(C(=O)N[C@H](C)c2ccc3cc(OC)ccc3c2)c1=O. The predicted molar refractivity (Wildman–Crippen MR) is 141 cm³/mol. The highest BCUT2D eigenvalue weighted by Crippen LogP contribution is 2.24. The van der Waals surface area contributed by atoms with Crippen LogP contribution in [0, 0.1) is 0 Å². The van der Waals surface area contributed by atoms with Gasteiger partial charge in [-0.25, -0.2) is 0 Å². The molecule has 3 aromatic carbocycles. The Hall–Kier alpha value is -4.39. The van der Waals surface area contributed by atoms with Gasteiger partial charge in [0.05, 0.1) is 13.2 Å². The summed E-state index contributed by atoms with van der Waals surface area (Å²) in [5.41, 5.74) is 1.14. The van der Waals surface area contributed by atoms with E-state index in [1.54, 1.807) is 18.6 Å². The van der Waals surface area contributed by atoms with Crippen molar-refractivity contribution in [1.29, 1.82) is 0 Å². The molecule has 1 aromatic heterocycles. The van der Waals surface area contributed by atoms with Crippen LogP contribution in [0.5, 0.6) is 5.75 Å². The van der Waals surface area contributed by atoms with E-state index in [1.807, 2.05) is 73.7 Å². The molecule has 0 bridgehead atoms. The first-order valence-corrected chi connectivity index (χ1v) is 11.8. The number of rotatable bonds is 8. The van der Waals surface area contributed by atoms with Crippen LogP contribution in [0.1, 0.15) is 51.7 Å². The second-order valence-corrected chi connectivity index (χ2v) is 8.60. The molecule has 0 fully saturated rings. The smallest absolute Gasteiger partial charge is 0.257 e. The van der Waals surface area contributed by atoms with Crippen molar-refractivity contribution in [1.82, 2.24) is 15.2 Å². The Balaban J connectivity index is 1.63. The van der Waals surface area contributed by atoms with E-state index in [2.05, 4.69) is 10.6 Å². The van der Waals surface area contributed by atoms with Gasteiger partial charge in [0, 0.05) is 25.5 Å². The fourth-order valence-corrected chi connectivity index (χ4v) is 4.09. The Labute approximate surface area is 209 Å². The van der Waals surface area contributed by atoms with Gasteiger partial charge in [-0.2, -0.15) is 0 Å². The largest absolute Gasteiger partial charge is 0.497 e. The van der Waals surface area contributed by atoms with E-state index in [1.165, 1.54) is 12.4 Å². The quantitative estimate of drug-likeness (QED) is 0.391. The second kappa shape index (κ2) is 10.9. The van der Waals surface area contributed by atoms with Crippen LogP contribution in [0.15, 0.2) is 83.9 Å². The second-order valence-electron chi connectivity index (χ2n) is 8.60. The summed E-state index contributed by atoms with van der Waals surface area (Å²) in [5, 5.41) is 7.61. The topological polar surface area (TPSA) is 89.4 Å². The molecule has 0 spiro atoms. The van der Waals surface area contributed by atoms with Crippen molar-refractivity contribution in [3.63, 3.8) is 0 Å². The first-order chi connectivity index (χ1) is 17.4. The summed E-state index contributed by atoms with van der Waals surface area (Å²) >= 11 is 0. The highest BCUT2D eigenvalue weighted by molar-refractivity contribution is 5.99. The molecule has 1 atom stereocenters. The Kier molecular flexibility index (Phi) is 7.49.